The minimum Gasteiger partial charge on any atom is -0.297 e. The largest absolute Gasteiger partial charge is 0.297 e. The lowest BCUT2D eigenvalue weighted by molar-refractivity contribution is 0.199. The summed E-state index contributed by atoms with van der Waals surface area (Å²) in [4.78, 5) is 2.50. The Bertz CT molecular complexity index is 748. The number of nitriles is 1. The Morgan fingerprint density at radius 2 is 1.63 bits per heavy atom. The molecule has 0 heterocycles. The van der Waals surface area contributed by atoms with E-state index in [2.05, 4.69) is 91.0 Å². The van der Waals surface area contributed by atoms with Crippen LogP contribution in [0.3, 0.4) is 0 Å². The Kier molecular flexibility index (Phi) is 8.07. The first kappa shape index (κ1) is 21.7. The summed E-state index contributed by atoms with van der Waals surface area (Å²) < 4.78 is 1.03. The number of hydrogen-bond donors (Lipinski definition) is 0. The molecule has 0 aliphatic rings. The summed E-state index contributed by atoms with van der Waals surface area (Å²) in [6, 6.07) is 22.0. The van der Waals surface area contributed by atoms with Crippen LogP contribution in [-0.2, 0) is 12.0 Å². The highest BCUT2D eigenvalue weighted by molar-refractivity contribution is 9.10. The Morgan fingerprint density at radius 3 is 2.19 bits per heavy atom. The van der Waals surface area contributed by atoms with Crippen molar-refractivity contribution in [1.29, 1.82) is 5.26 Å². The third-order valence-electron chi connectivity index (χ3n) is 5.51. The molecule has 1 unspecified atom stereocenters. The first-order chi connectivity index (χ1) is 12.9. The van der Waals surface area contributed by atoms with Gasteiger partial charge in [0.2, 0.25) is 0 Å². The smallest absolute Gasteiger partial charge is 0.0856 e. The van der Waals surface area contributed by atoms with Gasteiger partial charge in [-0.25, -0.2) is 0 Å². The van der Waals surface area contributed by atoms with Gasteiger partial charge in [-0.05, 0) is 56.3 Å². The highest BCUT2D eigenvalue weighted by Gasteiger charge is 2.37. The van der Waals surface area contributed by atoms with Crippen LogP contribution in [0.25, 0.3) is 0 Å². The summed E-state index contributed by atoms with van der Waals surface area (Å²) in [5.41, 5.74) is 1.99. The number of nitrogens with zero attached hydrogens (tertiary/aromatic N) is 2. The monoisotopic (exact) mass is 426 g/mol. The summed E-state index contributed by atoms with van der Waals surface area (Å²) in [5.74, 6) is 0.253. The van der Waals surface area contributed by atoms with Gasteiger partial charge in [0.25, 0.3) is 0 Å². The predicted molar refractivity (Wildman–Crippen MR) is 117 cm³/mol. The molecule has 0 aliphatic carbocycles. The quantitative estimate of drug-likeness (QED) is 0.453. The van der Waals surface area contributed by atoms with Crippen LogP contribution in [-0.4, -0.2) is 17.5 Å². The molecule has 0 bridgehead atoms. The van der Waals surface area contributed by atoms with Crippen LogP contribution in [0, 0.1) is 17.2 Å². The van der Waals surface area contributed by atoms with Crippen molar-refractivity contribution in [3.8, 4) is 6.07 Å². The molecule has 0 aromatic heterocycles. The number of halogens is 1. The van der Waals surface area contributed by atoms with E-state index in [9.17, 15) is 5.26 Å². The fourth-order valence-electron chi connectivity index (χ4n) is 3.70. The lowest BCUT2D eigenvalue weighted by Crippen LogP contribution is -2.35. The highest BCUT2D eigenvalue weighted by atomic mass is 79.9. The fraction of sp³-hybridized carbons (Fsp3) is 0.458. The van der Waals surface area contributed by atoms with E-state index in [0.717, 1.165) is 36.0 Å². The standard InChI is InChI=1S/C24H31BrN2/c1-19(2)24(18-26,22-13-8-9-14-23(22)25)15-10-16-27(20(3)4)17-21-11-6-5-7-12-21/h5-9,11-14,19-20H,10,15-17H2,1-4H3. The second-order valence-electron chi connectivity index (χ2n) is 7.87. The van der Waals surface area contributed by atoms with Crippen LogP contribution in [0.5, 0.6) is 0 Å². The summed E-state index contributed by atoms with van der Waals surface area (Å²) in [7, 11) is 0. The van der Waals surface area contributed by atoms with Gasteiger partial charge >= 0.3 is 0 Å². The SMILES string of the molecule is CC(C)N(CCCC(C#N)(c1ccccc1Br)C(C)C)Cc1ccccc1. The summed E-state index contributed by atoms with van der Waals surface area (Å²) >= 11 is 3.67. The van der Waals surface area contributed by atoms with Crippen LogP contribution in [0.4, 0.5) is 0 Å². The normalized spacial score (nSPS) is 13.7. The lowest BCUT2D eigenvalue weighted by Gasteiger charge is -2.34. The molecule has 2 aromatic carbocycles. The molecule has 0 aliphatic heterocycles. The van der Waals surface area contributed by atoms with E-state index < -0.39 is 5.41 Å². The van der Waals surface area contributed by atoms with E-state index in [1.165, 1.54) is 5.56 Å². The Balaban J connectivity index is 2.12. The van der Waals surface area contributed by atoms with E-state index in [-0.39, 0.29) is 5.92 Å². The Labute approximate surface area is 173 Å². The van der Waals surface area contributed by atoms with E-state index in [1.54, 1.807) is 0 Å². The summed E-state index contributed by atoms with van der Waals surface area (Å²) in [5, 5.41) is 10.2. The molecule has 0 amide bonds. The molecule has 144 valence electrons. The van der Waals surface area contributed by atoms with Crippen LogP contribution in [0.2, 0.25) is 0 Å². The third-order valence-corrected chi connectivity index (χ3v) is 6.21. The zero-order valence-electron chi connectivity index (χ0n) is 17.0. The molecule has 2 rings (SSSR count). The molecule has 0 radical (unpaired) electrons. The van der Waals surface area contributed by atoms with Crippen molar-refractivity contribution < 1.29 is 0 Å². The van der Waals surface area contributed by atoms with Crippen molar-refractivity contribution >= 4 is 15.9 Å². The number of hydrogen-bond acceptors (Lipinski definition) is 2. The Morgan fingerprint density at radius 1 is 1.00 bits per heavy atom. The van der Waals surface area contributed by atoms with Crippen LogP contribution in [0.15, 0.2) is 59.1 Å². The molecule has 2 nitrogen and oxygen atoms in total. The van der Waals surface area contributed by atoms with Gasteiger partial charge in [0.15, 0.2) is 0 Å². The summed E-state index contributed by atoms with van der Waals surface area (Å²) in [6.07, 6.45) is 1.86. The lowest BCUT2D eigenvalue weighted by atomic mass is 9.70. The van der Waals surface area contributed by atoms with Gasteiger partial charge in [-0.2, -0.15) is 5.26 Å². The molecule has 0 saturated carbocycles. The third kappa shape index (κ3) is 5.43. The highest BCUT2D eigenvalue weighted by Crippen LogP contribution is 2.40. The zero-order chi connectivity index (χ0) is 19.9. The van der Waals surface area contributed by atoms with Gasteiger partial charge in [-0.1, -0.05) is 78.3 Å². The summed E-state index contributed by atoms with van der Waals surface area (Å²) in [6.45, 7) is 10.8. The topological polar surface area (TPSA) is 27.0 Å². The van der Waals surface area contributed by atoms with Gasteiger partial charge in [-0.3, -0.25) is 4.90 Å². The van der Waals surface area contributed by atoms with Crippen molar-refractivity contribution in [2.45, 2.75) is 58.5 Å². The molecule has 27 heavy (non-hydrogen) atoms. The average molecular weight is 427 g/mol. The molecule has 0 N–H and O–H groups in total. The van der Waals surface area contributed by atoms with E-state index in [4.69, 9.17) is 0 Å². The van der Waals surface area contributed by atoms with Crippen molar-refractivity contribution in [2.75, 3.05) is 6.54 Å². The molecule has 0 saturated heterocycles. The molecule has 0 fully saturated rings. The van der Waals surface area contributed by atoms with Gasteiger partial charge in [0.1, 0.15) is 0 Å². The number of benzene rings is 2. The maximum absolute atomic E-state index is 10.2. The molecule has 0 spiro atoms. The maximum atomic E-state index is 10.2. The first-order valence-corrected chi connectivity index (χ1v) is 10.6. The molecule has 1 atom stereocenters. The van der Waals surface area contributed by atoms with E-state index >= 15 is 0 Å². The van der Waals surface area contributed by atoms with Crippen LogP contribution < -0.4 is 0 Å². The van der Waals surface area contributed by atoms with Crippen LogP contribution >= 0.6 is 15.9 Å². The predicted octanol–water partition coefficient (Wildman–Crippen LogP) is 6.56. The van der Waals surface area contributed by atoms with Crippen LogP contribution in [0.1, 0.15) is 51.7 Å². The second-order valence-corrected chi connectivity index (χ2v) is 8.73. The van der Waals surface area contributed by atoms with Crippen molar-refractivity contribution in [3.63, 3.8) is 0 Å². The van der Waals surface area contributed by atoms with E-state index in [0.29, 0.717) is 6.04 Å². The number of rotatable bonds is 9. The molecule has 3 heteroatoms. The average Bonchev–Trinajstić information content (AvgIpc) is 2.65. The minimum atomic E-state index is -0.463. The van der Waals surface area contributed by atoms with Gasteiger partial charge in [0.05, 0.1) is 11.5 Å². The molecular weight excluding hydrogens is 396 g/mol. The van der Waals surface area contributed by atoms with Gasteiger partial charge < -0.3 is 0 Å². The minimum absolute atomic E-state index is 0.253. The fourth-order valence-corrected chi connectivity index (χ4v) is 4.34. The molecule has 2 aromatic rings. The van der Waals surface area contributed by atoms with Gasteiger partial charge in [-0.15, -0.1) is 0 Å². The van der Waals surface area contributed by atoms with E-state index in [1.807, 2.05) is 18.2 Å². The second kappa shape index (κ2) is 10.1. The Hall–Kier alpha value is -1.63. The maximum Gasteiger partial charge on any atom is 0.0856 e. The molecular formula is C24H31BrN2. The van der Waals surface area contributed by atoms with Crippen molar-refractivity contribution in [3.05, 3.63) is 70.2 Å². The first-order valence-electron chi connectivity index (χ1n) is 9.85. The zero-order valence-corrected chi connectivity index (χ0v) is 18.5. The van der Waals surface area contributed by atoms with Crippen molar-refractivity contribution in [1.82, 2.24) is 4.90 Å². The van der Waals surface area contributed by atoms with Gasteiger partial charge in [0, 0.05) is 17.1 Å². The van der Waals surface area contributed by atoms with Crippen molar-refractivity contribution in [2.24, 2.45) is 5.92 Å².